The third-order valence-electron chi connectivity index (χ3n) is 3.31. The standard InChI is InChI=1S/C17H27N3O3.ClH/c1-11(2)14(16(22)19-10-17(3,4)18)20-15(21)12-8-6-7-9-13(12)23-5;/h6-9,11,14H,10,18H2,1-5H3,(H,19,22)(H,20,21);1H. The monoisotopic (exact) mass is 357 g/mol. The minimum Gasteiger partial charge on any atom is -0.496 e. The minimum absolute atomic E-state index is 0. The lowest BCUT2D eigenvalue weighted by Gasteiger charge is -2.25. The highest BCUT2D eigenvalue weighted by atomic mass is 35.5. The Balaban J connectivity index is 0.00000529. The van der Waals surface area contributed by atoms with E-state index in [-0.39, 0.29) is 30.1 Å². The summed E-state index contributed by atoms with van der Waals surface area (Å²) >= 11 is 0. The molecule has 6 nitrogen and oxygen atoms in total. The van der Waals surface area contributed by atoms with E-state index in [1.807, 2.05) is 27.7 Å². The number of methoxy groups -OCH3 is 1. The average molecular weight is 358 g/mol. The van der Waals surface area contributed by atoms with E-state index in [1.165, 1.54) is 7.11 Å². The lowest BCUT2D eigenvalue weighted by molar-refractivity contribution is -0.124. The summed E-state index contributed by atoms with van der Waals surface area (Å²) in [6.45, 7) is 7.73. The number of para-hydroxylation sites is 1. The summed E-state index contributed by atoms with van der Waals surface area (Å²) in [4.78, 5) is 24.8. The number of carbonyl (C=O) groups excluding carboxylic acids is 2. The van der Waals surface area contributed by atoms with Crippen molar-refractivity contribution < 1.29 is 14.3 Å². The number of benzene rings is 1. The first kappa shape index (κ1) is 22.2. The van der Waals surface area contributed by atoms with Crippen LogP contribution in [0.1, 0.15) is 38.1 Å². The van der Waals surface area contributed by atoms with Crippen LogP contribution >= 0.6 is 12.4 Å². The predicted molar refractivity (Wildman–Crippen MR) is 97.6 cm³/mol. The molecule has 0 spiro atoms. The Morgan fingerprint density at radius 2 is 1.83 bits per heavy atom. The molecule has 0 aliphatic carbocycles. The summed E-state index contributed by atoms with van der Waals surface area (Å²) in [6.07, 6.45) is 0. The fourth-order valence-corrected chi connectivity index (χ4v) is 2.01. The molecular formula is C17H28ClN3O3. The van der Waals surface area contributed by atoms with Crippen molar-refractivity contribution in [2.45, 2.75) is 39.3 Å². The number of hydrogen-bond donors (Lipinski definition) is 3. The molecule has 0 radical (unpaired) electrons. The first-order valence-electron chi connectivity index (χ1n) is 7.66. The molecule has 4 N–H and O–H groups in total. The Labute approximate surface area is 149 Å². The molecule has 0 aromatic heterocycles. The zero-order valence-electron chi connectivity index (χ0n) is 14.9. The molecule has 1 atom stereocenters. The van der Waals surface area contributed by atoms with E-state index in [9.17, 15) is 9.59 Å². The lowest BCUT2D eigenvalue weighted by atomic mass is 10.0. The van der Waals surface area contributed by atoms with E-state index in [2.05, 4.69) is 10.6 Å². The van der Waals surface area contributed by atoms with Crippen molar-refractivity contribution in [1.82, 2.24) is 10.6 Å². The van der Waals surface area contributed by atoms with E-state index >= 15 is 0 Å². The zero-order chi connectivity index (χ0) is 17.6. The maximum absolute atomic E-state index is 12.4. The Bertz CT molecular complexity index is 556. The summed E-state index contributed by atoms with van der Waals surface area (Å²) in [5.41, 5.74) is 5.76. The smallest absolute Gasteiger partial charge is 0.255 e. The van der Waals surface area contributed by atoms with Gasteiger partial charge in [-0.1, -0.05) is 26.0 Å². The van der Waals surface area contributed by atoms with Gasteiger partial charge in [-0.15, -0.1) is 12.4 Å². The van der Waals surface area contributed by atoms with Crippen LogP contribution in [0.2, 0.25) is 0 Å². The van der Waals surface area contributed by atoms with Gasteiger partial charge in [-0.25, -0.2) is 0 Å². The van der Waals surface area contributed by atoms with Gasteiger partial charge in [0.2, 0.25) is 5.91 Å². The topological polar surface area (TPSA) is 93.4 Å². The Morgan fingerprint density at radius 3 is 2.33 bits per heavy atom. The Morgan fingerprint density at radius 1 is 1.25 bits per heavy atom. The zero-order valence-corrected chi connectivity index (χ0v) is 15.7. The third kappa shape index (κ3) is 6.76. The average Bonchev–Trinajstić information content (AvgIpc) is 2.48. The summed E-state index contributed by atoms with van der Waals surface area (Å²) in [7, 11) is 1.50. The van der Waals surface area contributed by atoms with Gasteiger partial charge in [-0.05, 0) is 31.9 Å². The molecule has 7 heteroatoms. The molecule has 1 rings (SSSR count). The molecule has 1 aromatic rings. The number of amides is 2. The van der Waals surface area contributed by atoms with E-state index in [1.54, 1.807) is 24.3 Å². The highest BCUT2D eigenvalue weighted by Gasteiger charge is 2.26. The second-order valence-electron chi connectivity index (χ2n) is 6.60. The number of nitrogens with one attached hydrogen (secondary N) is 2. The Hall–Kier alpha value is -1.79. The number of ether oxygens (including phenoxy) is 1. The van der Waals surface area contributed by atoms with Gasteiger partial charge in [-0.3, -0.25) is 9.59 Å². The molecular weight excluding hydrogens is 330 g/mol. The first-order chi connectivity index (χ1) is 10.7. The van der Waals surface area contributed by atoms with Crippen molar-refractivity contribution in [3.05, 3.63) is 29.8 Å². The van der Waals surface area contributed by atoms with Gasteiger partial charge in [-0.2, -0.15) is 0 Å². The number of rotatable bonds is 7. The first-order valence-corrected chi connectivity index (χ1v) is 7.66. The van der Waals surface area contributed by atoms with Gasteiger partial charge < -0.3 is 21.1 Å². The molecule has 0 heterocycles. The van der Waals surface area contributed by atoms with Crippen molar-refractivity contribution >= 4 is 24.2 Å². The summed E-state index contributed by atoms with van der Waals surface area (Å²) in [5.74, 6) is -0.185. The molecule has 0 saturated carbocycles. The molecule has 0 aliphatic rings. The van der Waals surface area contributed by atoms with Crippen LogP contribution in [0.3, 0.4) is 0 Å². The Kier molecular flexibility index (Phi) is 8.78. The fourth-order valence-electron chi connectivity index (χ4n) is 2.01. The minimum atomic E-state index is -0.644. The summed E-state index contributed by atoms with van der Waals surface area (Å²) < 4.78 is 5.18. The van der Waals surface area contributed by atoms with E-state index in [0.717, 1.165) is 0 Å². The van der Waals surface area contributed by atoms with Gasteiger partial charge >= 0.3 is 0 Å². The van der Waals surface area contributed by atoms with Gasteiger partial charge in [0.05, 0.1) is 12.7 Å². The fraction of sp³-hybridized carbons (Fsp3) is 0.529. The molecule has 1 unspecified atom stereocenters. The van der Waals surface area contributed by atoms with Crippen LogP contribution in [0, 0.1) is 5.92 Å². The van der Waals surface area contributed by atoms with Crippen LogP contribution in [-0.4, -0.2) is 37.0 Å². The second-order valence-corrected chi connectivity index (χ2v) is 6.60. The van der Waals surface area contributed by atoms with Crippen molar-refractivity contribution in [2.75, 3.05) is 13.7 Å². The molecule has 136 valence electrons. The van der Waals surface area contributed by atoms with Gasteiger partial charge in [0, 0.05) is 12.1 Å². The largest absolute Gasteiger partial charge is 0.496 e. The molecule has 24 heavy (non-hydrogen) atoms. The van der Waals surface area contributed by atoms with Gasteiger partial charge in [0.15, 0.2) is 0 Å². The predicted octanol–water partition coefficient (Wildman–Crippen LogP) is 1.72. The maximum atomic E-state index is 12.4. The number of halogens is 1. The van der Waals surface area contributed by atoms with Gasteiger partial charge in [0.25, 0.3) is 5.91 Å². The molecule has 0 bridgehead atoms. The van der Waals surface area contributed by atoms with Gasteiger partial charge in [0.1, 0.15) is 11.8 Å². The SMILES string of the molecule is COc1ccccc1C(=O)NC(C(=O)NCC(C)(C)N)C(C)C.Cl. The van der Waals surface area contributed by atoms with Crippen molar-refractivity contribution in [3.8, 4) is 5.75 Å². The number of carbonyl (C=O) groups is 2. The lowest BCUT2D eigenvalue weighted by Crippen LogP contribution is -2.53. The van der Waals surface area contributed by atoms with Crippen LogP contribution in [-0.2, 0) is 4.79 Å². The highest BCUT2D eigenvalue weighted by molar-refractivity contribution is 5.99. The second kappa shape index (κ2) is 9.49. The molecule has 1 aromatic carbocycles. The van der Waals surface area contributed by atoms with Crippen LogP contribution < -0.4 is 21.1 Å². The summed E-state index contributed by atoms with van der Waals surface area (Å²) in [6, 6.07) is 6.25. The maximum Gasteiger partial charge on any atom is 0.255 e. The molecule has 0 aliphatic heterocycles. The van der Waals surface area contributed by atoms with Crippen LogP contribution in [0.4, 0.5) is 0 Å². The molecule has 2 amide bonds. The van der Waals surface area contributed by atoms with Crippen molar-refractivity contribution in [3.63, 3.8) is 0 Å². The van der Waals surface area contributed by atoms with Crippen molar-refractivity contribution in [1.29, 1.82) is 0 Å². The number of nitrogens with two attached hydrogens (primary N) is 1. The van der Waals surface area contributed by atoms with E-state index < -0.39 is 11.6 Å². The number of hydrogen-bond acceptors (Lipinski definition) is 4. The normalized spacial score (nSPS) is 12.1. The van der Waals surface area contributed by atoms with Crippen LogP contribution in [0.25, 0.3) is 0 Å². The van der Waals surface area contributed by atoms with Crippen molar-refractivity contribution in [2.24, 2.45) is 11.7 Å². The molecule has 0 saturated heterocycles. The molecule has 0 fully saturated rings. The van der Waals surface area contributed by atoms with E-state index in [4.69, 9.17) is 10.5 Å². The third-order valence-corrected chi connectivity index (χ3v) is 3.31. The highest BCUT2D eigenvalue weighted by Crippen LogP contribution is 2.17. The quantitative estimate of drug-likeness (QED) is 0.692. The van der Waals surface area contributed by atoms with E-state index in [0.29, 0.717) is 17.9 Å². The van der Waals surface area contributed by atoms with Crippen LogP contribution in [0.15, 0.2) is 24.3 Å². The van der Waals surface area contributed by atoms with Crippen LogP contribution in [0.5, 0.6) is 5.75 Å². The summed E-state index contributed by atoms with van der Waals surface area (Å²) in [5, 5.41) is 5.55.